The van der Waals surface area contributed by atoms with E-state index < -0.39 is 7.92 Å². The van der Waals surface area contributed by atoms with Gasteiger partial charge in [-0.25, -0.2) is 0 Å². The van der Waals surface area contributed by atoms with Crippen molar-refractivity contribution in [3.8, 4) is 0 Å². The second-order valence-corrected chi connectivity index (χ2v) is 11.1. The molecule has 1 heterocycles. The van der Waals surface area contributed by atoms with Gasteiger partial charge in [0.15, 0.2) is 0 Å². The first-order valence-electron chi connectivity index (χ1n) is 11.5. The van der Waals surface area contributed by atoms with Crippen molar-refractivity contribution in [1.29, 1.82) is 0 Å². The van der Waals surface area contributed by atoms with E-state index in [-0.39, 0.29) is 5.41 Å². The van der Waals surface area contributed by atoms with Crippen molar-refractivity contribution in [3.05, 3.63) is 121 Å². The van der Waals surface area contributed by atoms with Gasteiger partial charge in [0.2, 0.25) is 0 Å². The first-order valence-corrected chi connectivity index (χ1v) is 14.1. The molecule has 4 aromatic rings. The van der Waals surface area contributed by atoms with Gasteiger partial charge in [-0.15, -0.1) is 0 Å². The minimum Gasteiger partial charge on any atom is -0.0622 e. The predicted octanol–water partition coefficient (Wildman–Crippen LogP) is 7.07. The zero-order valence-electron chi connectivity index (χ0n) is 20.6. The zero-order valence-corrected chi connectivity index (χ0v) is 23.2. The topological polar surface area (TPSA) is 25.2 Å². The Morgan fingerprint density at radius 2 is 1.11 bits per heavy atom. The number of benzene rings is 3. The third-order valence-corrected chi connectivity index (χ3v) is 7.86. The predicted molar refractivity (Wildman–Crippen MR) is 152 cm³/mol. The van der Waals surface area contributed by atoms with Gasteiger partial charge < -0.3 is 0 Å². The molecule has 186 valence electrons. The molecule has 0 fully saturated rings. The van der Waals surface area contributed by atoms with Crippen LogP contribution in [-0.2, 0) is 15.1 Å². The largest absolute Gasteiger partial charge is 0.0622 e. The summed E-state index contributed by atoms with van der Waals surface area (Å²) in [5.41, 5.74) is 1.13. The molecule has 0 aliphatic rings. The van der Waals surface area contributed by atoms with Gasteiger partial charge in [0.1, 0.15) is 0 Å². The number of rotatable bonds is 5. The van der Waals surface area contributed by atoms with Crippen LogP contribution in [-0.4, -0.2) is 17.2 Å². The maximum Gasteiger partial charge on any atom is -0.0134 e. The van der Waals surface area contributed by atoms with E-state index in [1.54, 1.807) is 6.20 Å². The Bertz CT molecular complexity index is 1010. The smallest absolute Gasteiger partial charge is 0.0134 e. The molecule has 0 aliphatic heterocycles. The van der Waals surface area contributed by atoms with Crippen molar-refractivity contribution in [1.82, 2.24) is 4.98 Å². The average Bonchev–Trinajstić information content (AvgIpc) is 2.91. The minimum atomic E-state index is -0.446. The van der Waals surface area contributed by atoms with E-state index in [0.29, 0.717) is 6.04 Å². The van der Waals surface area contributed by atoms with E-state index in [1.165, 1.54) is 15.9 Å². The molecule has 0 N–H and O–H groups in total. The maximum absolute atomic E-state index is 4.48. The molecule has 0 amide bonds. The first kappa shape index (κ1) is 29.0. The number of aliphatic imine (C=N–C) groups is 1. The van der Waals surface area contributed by atoms with Crippen molar-refractivity contribution in [2.75, 3.05) is 0 Å². The second kappa shape index (κ2) is 15.7. The Morgan fingerprint density at radius 1 is 0.714 bits per heavy atom. The Balaban J connectivity index is 0.000000241. The summed E-state index contributed by atoms with van der Waals surface area (Å²) in [7, 11) is 3.76. The van der Waals surface area contributed by atoms with E-state index in [9.17, 15) is 0 Å². The van der Waals surface area contributed by atoms with Crippen LogP contribution in [0.3, 0.4) is 0 Å². The molecule has 0 radical (unpaired) electrons. The fraction of sp³-hybridized carbons (Fsp3) is 0.200. The van der Waals surface area contributed by atoms with Crippen LogP contribution in [0.25, 0.3) is 0 Å². The molecule has 35 heavy (non-hydrogen) atoms. The number of hydrogen-bond donors (Lipinski definition) is 0. The molecule has 3 aromatic carbocycles. The van der Waals surface area contributed by atoms with Crippen LogP contribution >= 0.6 is 18.0 Å². The van der Waals surface area contributed by atoms with Gasteiger partial charge >= 0.3 is 25.2 Å². The van der Waals surface area contributed by atoms with E-state index >= 15 is 0 Å². The average molecular weight is 552 g/mol. The van der Waals surface area contributed by atoms with Gasteiger partial charge in [-0.1, -0.05) is 118 Å². The van der Waals surface area contributed by atoms with Crippen molar-refractivity contribution in [2.45, 2.75) is 33.7 Å². The van der Waals surface area contributed by atoms with Gasteiger partial charge in [-0.3, -0.25) is 9.98 Å². The molecule has 4 rings (SSSR count). The zero-order chi connectivity index (χ0) is 25.5. The van der Waals surface area contributed by atoms with Gasteiger partial charge in [0.05, 0.1) is 11.7 Å². The van der Waals surface area contributed by atoms with E-state index in [4.69, 9.17) is 0 Å². The van der Waals surface area contributed by atoms with Crippen LogP contribution in [0.4, 0.5) is 0 Å². The monoisotopic (exact) mass is 550 g/mol. The number of pyridine rings is 1. The molecule has 5 heteroatoms. The summed E-state index contributed by atoms with van der Waals surface area (Å²) in [6, 6.07) is 38.5. The Kier molecular flexibility index (Phi) is 13.0. The van der Waals surface area contributed by atoms with E-state index in [0.717, 1.165) is 5.69 Å². The summed E-state index contributed by atoms with van der Waals surface area (Å²) in [4.78, 5) is 8.66. The third kappa shape index (κ3) is 10.1. The van der Waals surface area contributed by atoms with Crippen molar-refractivity contribution in [3.63, 3.8) is 0 Å². The molecule has 0 spiro atoms. The third-order valence-electron chi connectivity index (χ3n) is 5.41. The van der Waals surface area contributed by atoms with Crippen LogP contribution < -0.4 is 15.9 Å². The molecule has 0 saturated heterocycles. The van der Waals surface area contributed by atoms with E-state index in [2.05, 4.69) is 154 Å². The van der Waals surface area contributed by atoms with Crippen LogP contribution in [0, 0.1) is 5.41 Å². The van der Waals surface area contributed by atoms with Gasteiger partial charge in [0.25, 0.3) is 0 Å². The molecule has 0 aliphatic carbocycles. The van der Waals surface area contributed by atoms with Crippen molar-refractivity contribution in [2.24, 2.45) is 10.4 Å². The fourth-order valence-electron chi connectivity index (χ4n) is 3.04. The van der Waals surface area contributed by atoms with Gasteiger partial charge in [-0.05, 0) is 48.3 Å². The number of hydrogen-bond acceptors (Lipinski definition) is 2. The molecule has 0 unspecified atom stereocenters. The number of halogens is 1. The summed E-state index contributed by atoms with van der Waals surface area (Å²) in [6.45, 7) is 8.69. The quantitative estimate of drug-likeness (QED) is 0.148. The Labute approximate surface area is 224 Å². The molecular weight excluding hydrogens is 518 g/mol. The molecule has 0 bridgehead atoms. The van der Waals surface area contributed by atoms with E-state index in [1.807, 2.05) is 24.4 Å². The van der Waals surface area contributed by atoms with Crippen molar-refractivity contribution < 1.29 is 15.1 Å². The summed E-state index contributed by atoms with van der Waals surface area (Å²) >= 11 is 3.66. The molecule has 0 saturated carbocycles. The first-order chi connectivity index (χ1) is 16.9. The summed E-state index contributed by atoms with van der Waals surface area (Å²) < 4.78 is 0. The maximum atomic E-state index is 4.48. The molecular formula is C30H33ClCuN2P. The van der Waals surface area contributed by atoms with Crippen molar-refractivity contribution >= 4 is 40.1 Å². The fourth-order valence-corrected chi connectivity index (χ4v) is 5.35. The van der Waals surface area contributed by atoms with Gasteiger partial charge in [-0.2, -0.15) is 0 Å². The van der Waals surface area contributed by atoms with Crippen LogP contribution in [0.1, 0.15) is 33.4 Å². The normalized spacial score (nSPS) is 11.8. The van der Waals surface area contributed by atoms with Crippen LogP contribution in [0.5, 0.6) is 0 Å². The standard InChI is InChI=1S/C18H15P.C12H18N2.ClH.Cu/c1-4-10-16(11-5-1)19(17-12-6-2-7-13-17)18-14-8-3-9-15-18;1-10(12(2,3)4)14-9-11-7-5-6-8-13-11;;/h1-15H;5-10H,1-4H3;1H;/q;;;+1/p-1/t;10-;;/m.1../s1. The summed E-state index contributed by atoms with van der Waals surface area (Å²) in [5, 5.41) is 4.19. The number of aromatic nitrogens is 1. The molecule has 1 aromatic heterocycles. The number of nitrogens with zero attached hydrogens (tertiary/aromatic N) is 2. The van der Waals surface area contributed by atoms with Crippen LogP contribution in [0.2, 0.25) is 0 Å². The summed E-state index contributed by atoms with van der Waals surface area (Å²) in [6.07, 6.45) is 3.62. The molecule has 2 nitrogen and oxygen atoms in total. The van der Waals surface area contributed by atoms with Crippen LogP contribution in [0.15, 0.2) is 120 Å². The SMILES string of the molecule is C[C@@H](N=Cc1ccccn1)C(C)(C)C.[Cl][Cu].c1ccc(P(c2ccccc2)c2ccccc2)cc1. The second-order valence-electron chi connectivity index (χ2n) is 8.92. The minimum absolute atomic E-state index is 0.214. The van der Waals surface area contributed by atoms with Gasteiger partial charge in [0, 0.05) is 12.4 Å². The molecule has 1 atom stereocenters. The Hall–Kier alpha value is -2.28. The Morgan fingerprint density at radius 3 is 1.46 bits per heavy atom. The summed E-state index contributed by atoms with van der Waals surface area (Å²) in [5.74, 6) is 0.